The van der Waals surface area contributed by atoms with Gasteiger partial charge in [0.2, 0.25) is 11.4 Å². The monoisotopic (exact) mass is 483 g/mol. The number of aromatic carboxylic acids is 1. The molecule has 1 N–H and O–H groups in total. The number of nitrogens with zero attached hydrogens (tertiary/aromatic N) is 5. The predicted octanol–water partition coefficient (Wildman–Crippen LogP) is 0.151. The van der Waals surface area contributed by atoms with Crippen LogP contribution in [0.4, 0.5) is 10.3 Å². The minimum atomic E-state index is -1.55. The molecule has 1 aliphatic rings. The van der Waals surface area contributed by atoms with Gasteiger partial charge < -0.3 is 24.3 Å². The summed E-state index contributed by atoms with van der Waals surface area (Å²) in [5.41, 5.74) is -0.883. The van der Waals surface area contributed by atoms with Gasteiger partial charge in [0.05, 0.1) is 22.5 Å². The summed E-state index contributed by atoms with van der Waals surface area (Å²) in [4.78, 5) is 48.5. The Labute approximate surface area is 198 Å². The number of carbonyl (C=O) groups excluding carboxylic acids is 2. The minimum absolute atomic E-state index is 0.0862. The van der Waals surface area contributed by atoms with E-state index in [1.165, 1.54) is 30.6 Å². The highest BCUT2D eigenvalue weighted by atomic mass is 32.1. The Morgan fingerprint density at radius 2 is 1.88 bits per heavy atom. The molecular formula is C22H20FN6O4S-. The Kier molecular flexibility index (Phi) is 6.50. The third kappa shape index (κ3) is 4.44. The normalized spacial score (nSPS) is 13.7. The van der Waals surface area contributed by atoms with E-state index in [-0.39, 0.29) is 16.1 Å². The highest BCUT2D eigenvalue weighted by Gasteiger charge is 2.23. The first kappa shape index (κ1) is 23.2. The van der Waals surface area contributed by atoms with Crippen LogP contribution in [-0.2, 0) is 6.54 Å². The Balaban J connectivity index is 1.47. The lowest BCUT2D eigenvalue weighted by Crippen LogP contribution is -2.53. The number of amides is 1. The van der Waals surface area contributed by atoms with Crippen LogP contribution in [0.5, 0.6) is 0 Å². The molecule has 0 unspecified atom stereocenters. The molecule has 34 heavy (non-hydrogen) atoms. The largest absolute Gasteiger partial charge is 0.545 e. The van der Waals surface area contributed by atoms with Crippen LogP contribution in [-0.4, -0.2) is 62.6 Å². The number of carbonyl (C=O) groups is 2. The van der Waals surface area contributed by atoms with E-state index in [0.717, 1.165) is 0 Å². The summed E-state index contributed by atoms with van der Waals surface area (Å²) < 4.78 is 15.4. The Morgan fingerprint density at radius 1 is 1.18 bits per heavy atom. The molecule has 0 atom stereocenters. The molecule has 0 saturated carbocycles. The van der Waals surface area contributed by atoms with Gasteiger partial charge in [0, 0.05) is 45.1 Å². The van der Waals surface area contributed by atoms with Gasteiger partial charge in [-0.2, -0.15) is 4.98 Å². The number of fused-ring (bicyclic) bond motifs is 1. The van der Waals surface area contributed by atoms with Gasteiger partial charge in [-0.3, -0.25) is 14.9 Å². The molecule has 176 valence electrons. The fourth-order valence-corrected chi connectivity index (χ4v) is 3.98. The molecule has 1 fully saturated rings. The molecule has 0 radical (unpaired) electrons. The standard InChI is InChI=1S/C22H21FN6O4S/c1-2-27-12-15(20(32)33)17(30)14-11-24-21(25-18(14)27)28-7-9-29(10-8-28)22(34)26-19(31)13-5-3-4-6-16(13)23/h3-6,11-12H,2,7-10H2,1H3,(H,32,33)(H,26,31,34)/p-1. The molecule has 1 aromatic carbocycles. The van der Waals surface area contributed by atoms with E-state index in [1.54, 1.807) is 22.5 Å². The molecular weight excluding hydrogens is 463 g/mol. The zero-order valence-corrected chi connectivity index (χ0v) is 19.0. The van der Waals surface area contributed by atoms with Crippen molar-refractivity contribution in [3.63, 3.8) is 0 Å². The van der Waals surface area contributed by atoms with E-state index in [2.05, 4.69) is 15.3 Å². The van der Waals surface area contributed by atoms with E-state index in [1.807, 2.05) is 4.90 Å². The molecule has 1 saturated heterocycles. The highest BCUT2D eigenvalue weighted by molar-refractivity contribution is 7.80. The fraction of sp³-hybridized carbons (Fsp3) is 0.273. The van der Waals surface area contributed by atoms with E-state index in [4.69, 9.17) is 12.2 Å². The van der Waals surface area contributed by atoms with Crippen molar-refractivity contribution in [2.75, 3.05) is 31.1 Å². The zero-order valence-electron chi connectivity index (χ0n) is 18.2. The molecule has 3 aromatic rings. The van der Waals surface area contributed by atoms with Crippen molar-refractivity contribution < 1.29 is 19.1 Å². The van der Waals surface area contributed by atoms with Gasteiger partial charge in [-0.25, -0.2) is 9.37 Å². The number of nitrogens with one attached hydrogen (secondary N) is 1. The summed E-state index contributed by atoms with van der Waals surface area (Å²) in [6.07, 6.45) is 2.55. The molecule has 1 aliphatic heterocycles. The van der Waals surface area contributed by atoms with Crippen molar-refractivity contribution in [2.24, 2.45) is 0 Å². The minimum Gasteiger partial charge on any atom is -0.545 e. The molecule has 4 rings (SSSR count). The number of halogens is 1. The van der Waals surface area contributed by atoms with E-state index in [0.29, 0.717) is 44.3 Å². The SMILES string of the molecule is CCn1cc(C(=O)[O-])c(=O)c2cnc(N3CCN(C(=S)NC(=O)c4ccccc4F)CC3)nc21. The number of piperazine rings is 1. The molecule has 3 heterocycles. The fourth-order valence-electron chi connectivity index (χ4n) is 3.70. The Morgan fingerprint density at radius 3 is 2.53 bits per heavy atom. The van der Waals surface area contributed by atoms with E-state index >= 15 is 0 Å². The zero-order chi connectivity index (χ0) is 24.4. The van der Waals surface area contributed by atoms with Gasteiger partial charge in [0.25, 0.3) is 5.91 Å². The van der Waals surface area contributed by atoms with Crippen LogP contribution in [0.2, 0.25) is 0 Å². The van der Waals surface area contributed by atoms with E-state index < -0.39 is 28.7 Å². The average Bonchev–Trinajstić information content (AvgIpc) is 2.84. The van der Waals surface area contributed by atoms with Crippen LogP contribution in [0, 0.1) is 5.82 Å². The second-order valence-electron chi connectivity index (χ2n) is 7.57. The third-order valence-electron chi connectivity index (χ3n) is 5.55. The van der Waals surface area contributed by atoms with Crippen molar-refractivity contribution in [3.05, 3.63) is 63.8 Å². The van der Waals surface area contributed by atoms with Gasteiger partial charge in [-0.15, -0.1) is 0 Å². The maximum absolute atomic E-state index is 13.8. The molecule has 1 amide bonds. The van der Waals surface area contributed by atoms with Crippen LogP contribution in [0.15, 0.2) is 41.5 Å². The van der Waals surface area contributed by atoms with Crippen LogP contribution in [0.1, 0.15) is 27.6 Å². The molecule has 0 aliphatic carbocycles. The number of carboxylic acids is 1. The number of pyridine rings is 1. The van der Waals surface area contributed by atoms with Gasteiger partial charge >= 0.3 is 0 Å². The number of aryl methyl sites for hydroxylation is 1. The van der Waals surface area contributed by atoms with E-state index in [9.17, 15) is 23.9 Å². The summed E-state index contributed by atoms with van der Waals surface area (Å²) in [5.74, 6) is -2.40. The van der Waals surface area contributed by atoms with Crippen molar-refractivity contribution in [2.45, 2.75) is 13.5 Å². The second kappa shape index (κ2) is 9.51. The lowest BCUT2D eigenvalue weighted by atomic mass is 10.2. The summed E-state index contributed by atoms with van der Waals surface area (Å²) in [5, 5.41) is 14.1. The maximum Gasteiger partial charge on any atom is 0.260 e. The number of thiocarbonyl (C=S) groups is 1. The number of benzene rings is 1. The van der Waals surface area contributed by atoms with Gasteiger partial charge in [-0.05, 0) is 31.3 Å². The maximum atomic E-state index is 13.8. The number of hydrogen-bond donors (Lipinski definition) is 1. The quantitative estimate of drug-likeness (QED) is 0.517. The topological polar surface area (TPSA) is 123 Å². The number of hydrogen-bond acceptors (Lipinski definition) is 8. The Bertz CT molecular complexity index is 1350. The van der Waals surface area contributed by atoms with Crippen LogP contribution >= 0.6 is 12.2 Å². The first-order valence-corrected chi connectivity index (χ1v) is 10.9. The molecule has 0 bridgehead atoms. The smallest absolute Gasteiger partial charge is 0.260 e. The number of aromatic nitrogens is 3. The first-order chi connectivity index (χ1) is 16.3. The third-order valence-corrected chi connectivity index (χ3v) is 5.91. The lowest BCUT2D eigenvalue weighted by Gasteiger charge is -2.36. The predicted molar refractivity (Wildman–Crippen MR) is 124 cm³/mol. The summed E-state index contributed by atoms with van der Waals surface area (Å²) >= 11 is 5.32. The van der Waals surface area contributed by atoms with Gasteiger partial charge in [0.15, 0.2) is 5.11 Å². The van der Waals surface area contributed by atoms with Crippen LogP contribution in [0.3, 0.4) is 0 Å². The summed E-state index contributed by atoms with van der Waals surface area (Å²) in [7, 11) is 0. The number of carboxylic acid groups (broad SMARTS) is 1. The highest BCUT2D eigenvalue weighted by Crippen LogP contribution is 2.16. The van der Waals surface area contributed by atoms with Crippen LogP contribution in [0.25, 0.3) is 11.0 Å². The molecule has 12 heteroatoms. The first-order valence-electron chi connectivity index (χ1n) is 10.5. The lowest BCUT2D eigenvalue weighted by molar-refractivity contribution is -0.255. The summed E-state index contributed by atoms with van der Waals surface area (Å²) in [6, 6.07) is 5.66. The van der Waals surface area contributed by atoms with Crippen molar-refractivity contribution >= 4 is 46.2 Å². The Hall–Kier alpha value is -3.93. The van der Waals surface area contributed by atoms with Crippen LogP contribution < -0.4 is 20.8 Å². The van der Waals surface area contributed by atoms with Gasteiger partial charge in [0.1, 0.15) is 11.5 Å². The molecule has 2 aromatic heterocycles. The van der Waals surface area contributed by atoms with Crippen molar-refractivity contribution in [1.29, 1.82) is 0 Å². The molecule has 10 nitrogen and oxygen atoms in total. The average molecular weight is 484 g/mol. The number of anilines is 1. The van der Waals surface area contributed by atoms with Gasteiger partial charge in [-0.1, -0.05) is 12.1 Å². The summed E-state index contributed by atoms with van der Waals surface area (Å²) in [6.45, 7) is 4.09. The van der Waals surface area contributed by atoms with Crippen molar-refractivity contribution in [1.82, 2.24) is 24.8 Å². The number of rotatable bonds is 4. The molecule has 0 spiro atoms. The van der Waals surface area contributed by atoms with Crippen molar-refractivity contribution in [3.8, 4) is 0 Å². The second-order valence-corrected chi connectivity index (χ2v) is 7.95.